The van der Waals surface area contributed by atoms with Crippen molar-refractivity contribution in [1.29, 1.82) is 0 Å². The maximum absolute atomic E-state index is 13.2. The van der Waals surface area contributed by atoms with E-state index in [1.54, 1.807) is 29.2 Å². The van der Waals surface area contributed by atoms with Gasteiger partial charge >= 0.3 is 0 Å². The van der Waals surface area contributed by atoms with Crippen molar-refractivity contribution in [3.63, 3.8) is 0 Å². The van der Waals surface area contributed by atoms with Gasteiger partial charge in [0.05, 0.1) is 13.2 Å². The third-order valence-corrected chi connectivity index (χ3v) is 3.77. The van der Waals surface area contributed by atoms with E-state index in [9.17, 15) is 14.0 Å². The van der Waals surface area contributed by atoms with Crippen LogP contribution in [0.15, 0.2) is 48.5 Å². The van der Waals surface area contributed by atoms with Crippen molar-refractivity contribution in [2.75, 3.05) is 31.6 Å². The van der Waals surface area contributed by atoms with Crippen LogP contribution in [-0.2, 0) is 4.74 Å². The van der Waals surface area contributed by atoms with Crippen LogP contribution >= 0.6 is 0 Å². The number of nitrogens with one attached hydrogen (secondary N) is 1. The Balaban J connectivity index is 1.66. The first-order valence-electron chi connectivity index (χ1n) is 7.67. The summed E-state index contributed by atoms with van der Waals surface area (Å²) in [5.41, 5.74) is 1.34. The Morgan fingerprint density at radius 3 is 2.38 bits per heavy atom. The number of hydrogen-bond donors (Lipinski definition) is 1. The van der Waals surface area contributed by atoms with Gasteiger partial charge < -0.3 is 15.0 Å². The number of carbonyl (C=O) groups excluding carboxylic acids is 2. The summed E-state index contributed by atoms with van der Waals surface area (Å²) in [4.78, 5) is 26.1. The van der Waals surface area contributed by atoms with Crippen molar-refractivity contribution in [3.8, 4) is 0 Å². The van der Waals surface area contributed by atoms with E-state index in [-0.39, 0.29) is 11.5 Å². The molecule has 1 heterocycles. The molecule has 2 amide bonds. The van der Waals surface area contributed by atoms with Gasteiger partial charge in [0.1, 0.15) is 5.82 Å². The molecule has 2 aromatic rings. The quantitative estimate of drug-likeness (QED) is 0.942. The summed E-state index contributed by atoms with van der Waals surface area (Å²) in [7, 11) is 0. The normalized spacial score (nSPS) is 14.3. The van der Waals surface area contributed by atoms with Gasteiger partial charge in [-0.25, -0.2) is 4.39 Å². The van der Waals surface area contributed by atoms with Crippen molar-refractivity contribution >= 4 is 17.5 Å². The first-order valence-corrected chi connectivity index (χ1v) is 7.67. The minimum Gasteiger partial charge on any atom is -0.378 e. The van der Waals surface area contributed by atoms with Gasteiger partial charge in [-0.1, -0.05) is 6.07 Å². The molecule has 6 heteroatoms. The number of amides is 2. The lowest BCUT2D eigenvalue weighted by atomic mass is 10.1. The fourth-order valence-electron chi connectivity index (χ4n) is 2.48. The minimum atomic E-state index is -0.464. The van der Waals surface area contributed by atoms with E-state index in [1.807, 2.05) is 0 Å². The summed E-state index contributed by atoms with van der Waals surface area (Å²) >= 11 is 0. The first-order chi connectivity index (χ1) is 11.6. The molecule has 0 aromatic heterocycles. The monoisotopic (exact) mass is 328 g/mol. The molecule has 0 saturated carbocycles. The van der Waals surface area contributed by atoms with Gasteiger partial charge in [0.25, 0.3) is 11.8 Å². The number of ether oxygens (including phenoxy) is 1. The highest BCUT2D eigenvalue weighted by atomic mass is 19.1. The Bertz CT molecular complexity index is 740. The van der Waals surface area contributed by atoms with E-state index in [0.29, 0.717) is 37.6 Å². The zero-order valence-corrected chi connectivity index (χ0v) is 13.0. The maximum Gasteiger partial charge on any atom is 0.255 e. The Morgan fingerprint density at radius 1 is 1.00 bits per heavy atom. The van der Waals surface area contributed by atoms with Crippen molar-refractivity contribution < 1.29 is 18.7 Å². The van der Waals surface area contributed by atoms with E-state index in [2.05, 4.69) is 5.32 Å². The highest BCUT2D eigenvalue weighted by Gasteiger charge is 2.18. The van der Waals surface area contributed by atoms with Crippen LogP contribution < -0.4 is 5.32 Å². The molecule has 124 valence electrons. The second-order valence-electron chi connectivity index (χ2n) is 5.45. The lowest BCUT2D eigenvalue weighted by Gasteiger charge is -2.26. The second kappa shape index (κ2) is 7.23. The number of morpholine rings is 1. The summed E-state index contributed by atoms with van der Waals surface area (Å²) in [6.07, 6.45) is 0. The largest absolute Gasteiger partial charge is 0.378 e. The lowest BCUT2D eigenvalue weighted by Crippen LogP contribution is -2.40. The number of carbonyl (C=O) groups is 2. The third-order valence-electron chi connectivity index (χ3n) is 3.77. The van der Waals surface area contributed by atoms with E-state index < -0.39 is 11.7 Å². The van der Waals surface area contributed by atoms with Crippen molar-refractivity contribution in [2.24, 2.45) is 0 Å². The summed E-state index contributed by atoms with van der Waals surface area (Å²) in [5, 5.41) is 2.68. The summed E-state index contributed by atoms with van der Waals surface area (Å²) in [6, 6.07) is 12.1. The Kier molecular flexibility index (Phi) is 4.86. The zero-order valence-electron chi connectivity index (χ0n) is 13.0. The molecule has 0 atom stereocenters. The Morgan fingerprint density at radius 2 is 1.71 bits per heavy atom. The fourth-order valence-corrected chi connectivity index (χ4v) is 2.48. The van der Waals surface area contributed by atoms with Crippen molar-refractivity contribution in [1.82, 2.24) is 4.90 Å². The molecule has 1 fully saturated rings. The van der Waals surface area contributed by atoms with Gasteiger partial charge in [-0.2, -0.15) is 0 Å². The summed E-state index contributed by atoms with van der Waals surface area (Å²) in [5.74, 6) is -0.919. The predicted molar refractivity (Wildman–Crippen MR) is 87.5 cm³/mol. The SMILES string of the molecule is O=C(Nc1ccc(C(=O)N2CCOCC2)cc1)c1cccc(F)c1. The molecule has 0 radical (unpaired) electrons. The number of nitrogens with zero attached hydrogens (tertiary/aromatic N) is 1. The lowest BCUT2D eigenvalue weighted by molar-refractivity contribution is 0.0303. The Hall–Kier alpha value is -2.73. The van der Waals surface area contributed by atoms with E-state index in [1.165, 1.54) is 24.3 Å². The molecule has 24 heavy (non-hydrogen) atoms. The number of hydrogen-bond acceptors (Lipinski definition) is 3. The van der Waals surface area contributed by atoms with Gasteiger partial charge in [0.2, 0.25) is 0 Å². The van der Waals surface area contributed by atoms with Crippen molar-refractivity contribution in [3.05, 3.63) is 65.5 Å². The molecule has 1 saturated heterocycles. The summed E-state index contributed by atoms with van der Waals surface area (Å²) < 4.78 is 18.4. The molecular formula is C18H17FN2O3. The van der Waals surface area contributed by atoms with E-state index >= 15 is 0 Å². The molecule has 0 bridgehead atoms. The first kappa shape index (κ1) is 16.1. The predicted octanol–water partition coefficient (Wildman–Crippen LogP) is 2.55. The average molecular weight is 328 g/mol. The molecule has 2 aromatic carbocycles. The second-order valence-corrected chi connectivity index (χ2v) is 5.45. The molecule has 0 unspecified atom stereocenters. The van der Waals surface area contributed by atoms with Crippen LogP contribution in [0.25, 0.3) is 0 Å². The van der Waals surface area contributed by atoms with Gasteiger partial charge in [-0.15, -0.1) is 0 Å². The van der Waals surface area contributed by atoms with Crippen LogP contribution in [0, 0.1) is 5.82 Å². The molecule has 3 rings (SSSR count). The zero-order chi connectivity index (χ0) is 16.9. The van der Waals surface area contributed by atoms with Crippen LogP contribution in [0.5, 0.6) is 0 Å². The van der Waals surface area contributed by atoms with Crippen LogP contribution in [0.4, 0.5) is 10.1 Å². The number of halogens is 1. The van der Waals surface area contributed by atoms with Crippen LogP contribution in [0.2, 0.25) is 0 Å². The third kappa shape index (κ3) is 3.78. The van der Waals surface area contributed by atoms with E-state index in [0.717, 1.165) is 0 Å². The molecule has 5 nitrogen and oxygen atoms in total. The molecule has 0 spiro atoms. The minimum absolute atomic E-state index is 0.0543. The molecule has 0 aliphatic carbocycles. The highest BCUT2D eigenvalue weighted by Crippen LogP contribution is 2.14. The fraction of sp³-hybridized carbons (Fsp3) is 0.222. The number of anilines is 1. The molecule has 1 aliphatic heterocycles. The van der Waals surface area contributed by atoms with Gasteiger partial charge in [0.15, 0.2) is 0 Å². The summed E-state index contributed by atoms with van der Waals surface area (Å²) in [6.45, 7) is 2.26. The van der Waals surface area contributed by atoms with Gasteiger partial charge in [-0.3, -0.25) is 9.59 Å². The molecular weight excluding hydrogens is 311 g/mol. The molecule has 1 N–H and O–H groups in total. The van der Waals surface area contributed by atoms with Crippen LogP contribution in [0.3, 0.4) is 0 Å². The van der Waals surface area contributed by atoms with Gasteiger partial charge in [-0.05, 0) is 42.5 Å². The number of benzene rings is 2. The van der Waals surface area contributed by atoms with Gasteiger partial charge in [0, 0.05) is 29.9 Å². The standard InChI is InChI=1S/C18H17FN2O3/c19-15-3-1-2-14(12-15)17(22)20-16-6-4-13(5-7-16)18(23)21-8-10-24-11-9-21/h1-7,12H,8-11H2,(H,20,22). The topological polar surface area (TPSA) is 58.6 Å². The Labute approximate surface area is 139 Å². The van der Waals surface area contributed by atoms with Crippen LogP contribution in [0.1, 0.15) is 20.7 Å². The number of rotatable bonds is 3. The van der Waals surface area contributed by atoms with Crippen LogP contribution in [-0.4, -0.2) is 43.0 Å². The maximum atomic E-state index is 13.2. The average Bonchev–Trinajstić information content (AvgIpc) is 2.62. The highest BCUT2D eigenvalue weighted by molar-refractivity contribution is 6.04. The molecule has 1 aliphatic rings. The van der Waals surface area contributed by atoms with E-state index in [4.69, 9.17) is 4.74 Å². The smallest absolute Gasteiger partial charge is 0.255 e. The van der Waals surface area contributed by atoms with Crippen molar-refractivity contribution in [2.45, 2.75) is 0 Å².